The van der Waals surface area contributed by atoms with Crippen LogP contribution in [0.5, 0.6) is 0 Å². The van der Waals surface area contributed by atoms with Crippen molar-refractivity contribution in [1.29, 1.82) is 0 Å². The molecule has 0 aliphatic carbocycles. The van der Waals surface area contributed by atoms with Crippen LogP contribution >= 0.6 is 15.9 Å². The van der Waals surface area contributed by atoms with Crippen molar-refractivity contribution in [3.63, 3.8) is 0 Å². The molecule has 0 bridgehead atoms. The second-order valence-electron chi connectivity index (χ2n) is 6.23. The summed E-state index contributed by atoms with van der Waals surface area (Å²) >= 11 is 3.39. The van der Waals surface area contributed by atoms with Crippen LogP contribution in [0.4, 0.5) is 5.69 Å². The highest BCUT2D eigenvalue weighted by molar-refractivity contribution is 9.10. The Morgan fingerprint density at radius 3 is 2.52 bits per heavy atom. The summed E-state index contributed by atoms with van der Waals surface area (Å²) in [6.07, 6.45) is 0.951. The number of benzene rings is 1. The van der Waals surface area contributed by atoms with E-state index in [1.165, 1.54) is 0 Å². The molecule has 0 fully saturated rings. The number of nitrogens with zero attached hydrogens (tertiary/aromatic N) is 1. The molecule has 1 rings (SSSR count). The predicted molar refractivity (Wildman–Crippen MR) is 92.6 cm³/mol. The third-order valence-corrected chi connectivity index (χ3v) is 3.79. The fraction of sp³-hybridized carbons (Fsp3) is 0.562. The van der Waals surface area contributed by atoms with E-state index < -0.39 is 0 Å². The maximum Gasteiger partial charge on any atom is 0.251 e. The van der Waals surface area contributed by atoms with Gasteiger partial charge in [-0.2, -0.15) is 0 Å². The number of rotatable bonds is 6. The van der Waals surface area contributed by atoms with Crippen LogP contribution in [0.1, 0.15) is 36.2 Å². The summed E-state index contributed by atoms with van der Waals surface area (Å²) in [6.45, 7) is 7.03. The first-order chi connectivity index (χ1) is 9.70. The second-order valence-corrected chi connectivity index (χ2v) is 7.15. The van der Waals surface area contributed by atoms with Crippen molar-refractivity contribution in [3.05, 3.63) is 27.7 Å². The van der Waals surface area contributed by atoms with Crippen molar-refractivity contribution in [2.75, 3.05) is 26.4 Å². The smallest absolute Gasteiger partial charge is 0.251 e. The minimum absolute atomic E-state index is 0.0620. The molecule has 1 aromatic carbocycles. The van der Waals surface area contributed by atoms with Crippen molar-refractivity contribution in [1.82, 2.24) is 10.2 Å². The Kier molecular flexibility index (Phi) is 6.68. The lowest BCUT2D eigenvalue weighted by molar-refractivity contribution is 0.0924. The number of carbonyl (C=O) groups excluding carboxylic acids is 1. The van der Waals surface area contributed by atoms with E-state index in [9.17, 15) is 4.79 Å². The quantitative estimate of drug-likeness (QED) is 0.771. The summed E-state index contributed by atoms with van der Waals surface area (Å²) in [5, 5.41) is 3.13. The average Bonchev–Trinajstić information content (AvgIpc) is 2.31. The summed E-state index contributed by atoms with van der Waals surface area (Å²) < 4.78 is 0.823. The number of anilines is 1. The first-order valence-electron chi connectivity index (χ1n) is 7.22. The number of amides is 1. The second kappa shape index (κ2) is 7.80. The summed E-state index contributed by atoms with van der Waals surface area (Å²) in [7, 11) is 4.03. The molecule has 3 N–H and O–H groups in total. The minimum atomic E-state index is -0.0620. The topological polar surface area (TPSA) is 58.4 Å². The van der Waals surface area contributed by atoms with Gasteiger partial charge in [-0.15, -0.1) is 0 Å². The van der Waals surface area contributed by atoms with Crippen molar-refractivity contribution >= 4 is 27.5 Å². The zero-order valence-corrected chi connectivity index (χ0v) is 15.1. The Balaban J connectivity index is 2.91. The molecule has 1 atom stereocenters. The van der Waals surface area contributed by atoms with Gasteiger partial charge in [0.25, 0.3) is 5.91 Å². The number of halogens is 1. The van der Waals surface area contributed by atoms with Crippen LogP contribution < -0.4 is 11.1 Å². The zero-order chi connectivity index (χ0) is 16.2. The number of hydrogen-bond acceptors (Lipinski definition) is 3. The molecule has 5 heteroatoms. The van der Waals surface area contributed by atoms with Gasteiger partial charge in [-0.3, -0.25) is 4.79 Å². The molecule has 0 radical (unpaired) electrons. The normalized spacial score (nSPS) is 12.8. The fourth-order valence-electron chi connectivity index (χ4n) is 2.39. The van der Waals surface area contributed by atoms with Crippen LogP contribution in [0.2, 0.25) is 0 Å². The van der Waals surface area contributed by atoms with E-state index in [0.717, 1.165) is 23.0 Å². The highest BCUT2D eigenvalue weighted by Crippen LogP contribution is 2.23. The number of nitrogen functional groups attached to an aromatic ring is 1. The lowest BCUT2D eigenvalue weighted by Crippen LogP contribution is -2.42. The summed E-state index contributed by atoms with van der Waals surface area (Å²) in [4.78, 5) is 14.6. The largest absolute Gasteiger partial charge is 0.398 e. The Bertz CT molecular complexity index is 491. The lowest BCUT2D eigenvalue weighted by Gasteiger charge is -2.24. The van der Waals surface area contributed by atoms with Crippen molar-refractivity contribution in [3.8, 4) is 0 Å². The highest BCUT2D eigenvalue weighted by atomic mass is 79.9. The van der Waals surface area contributed by atoms with Gasteiger partial charge < -0.3 is 16.0 Å². The first-order valence-corrected chi connectivity index (χ1v) is 8.01. The Morgan fingerprint density at radius 1 is 1.38 bits per heavy atom. The number of likely N-dealkylation sites (N-methyl/N-ethyl adjacent to an activating group) is 1. The summed E-state index contributed by atoms with van der Waals surface area (Å²) in [5.74, 6) is 0.469. The molecule has 0 heterocycles. The van der Waals surface area contributed by atoms with E-state index in [2.05, 4.69) is 40.0 Å². The third kappa shape index (κ3) is 5.67. The van der Waals surface area contributed by atoms with Gasteiger partial charge in [-0.1, -0.05) is 29.8 Å². The van der Waals surface area contributed by atoms with Crippen molar-refractivity contribution in [2.24, 2.45) is 5.92 Å². The Hall–Kier alpha value is -1.07. The molecular formula is C16H26BrN3O. The number of hydrogen-bond donors (Lipinski definition) is 2. The van der Waals surface area contributed by atoms with Crippen LogP contribution in [0.25, 0.3) is 0 Å². The van der Waals surface area contributed by atoms with E-state index in [1.54, 1.807) is 0 Å². The predicted octanol–water partition coefficient (Wildman–Crippen LogP) is 3.05. The van der Waals surface area contributed by atoms with Gasteiger partial charge in [-0.05, 0) is 51.1 Å². The van der Waals surface area contributed by atoms with E-state index in [-0.39, 0.29) is 11.9 Å². The van der Waals surface area contributed by atoms with Crippen LogP contribution in [-0.2, 0) is 0 Å². The summed E-state index contributed by atoms with van der Waals surface area (Å²) in [6, 6.07) is 3.77. The van der Waals surface area contributed by atoms with Crippen molar-refractivity contribution < 1.29 is 4.79 Å². The fourth-order valence-corrected chi connectivity index (χ4v) is 2.86. The molecule has 0 aliphatic rings. The van der Waals surface area contributed by atoms with E-state index in [4.69, 9.17) is 5.73 Å². The zero-order valence-electron chi connectivity index (χ0n) is 13.5. The third-order valence-electron chi connectivity index (χ3n) is 3.33. The molecule has 1 unspecified atom stereocenters. The maximum absolute atomic E-state index is 12.5. The van der Waals surface area contributed by atoms with Gasteiger partial charge in [0.15, 0.2) is 0 Å². The van der Waals surface area contributed by atoms with Crippen molar-refractivity contribution in [2.45, 2.75) is 33.2 Å². The van der Waals surface area contributed by atoms with Gasteiger partial charge in [-0.25, -0.2) is 0 Å². The molecular weight excluding hydrogens is 330 g/mol. The average molecular weight is 356 g/mol. The van der Waals surface area contributed by atoms with Crippen LogP contribution in [0.15, 0.2) is 16.6 Å². The van der Waals surface area contributed by atoms with Crippen LogP contribution in [-0.4, -0.2) is 37.5 Å². The molecule has 0 aliphatic heterocycles. The van der Waals surface area contributed by atoms with E-state index in [1.807, 2.05) is 33.2 Å². The Labute approximate surface area is 136 Å². The molecule has 0 spiro atoms. The molecule has 1 amide bonds. The SMILES string of the molecule is Cc1c(N)cc(Br)cc1C(=O)NC(CC(C)C)CN(C)C. The molecule has 0 aromatic heterocycles. The monoisotopic (exact) mass is 355 g/mol. The molecule has 1 aromatic rings. The Morgan fingerprint density at radius 2 is 2.00 bits per heavy atom. The standard InChI is InChI=1S/C16H26BrN3O/c1-10(2)6-13(9-20(4)5)19-16(21)14-7-12(17)8-15(18)11(14)3/h7-8,10,13H,6,9,18H2,1-5H3,(H,19,21). The van der Waals surface area contributed by atoms with Crippen LogP contribution in [0, 0.1) is 12.8 Å². The highest BCUT2D eigenvalue weighted by Gasteiger charge is 2.18. The molecule has 0 saturated carbocycles. The number of nitrogens with two attached hydrogens (primary N) is 1. The van der Waals surface area contributed by atoms with Gasteiger partial charge >= 0.3 is 0 Å². The summed E-state index contributed by atoms with van der Waals surface area (Å²) in [5.41, 5.74) is 8.02. The maximum atomic E-state index is 12.5. The molecule has 118 valence electrons. The number of carbonyl (C=O) groups is 1. The van der Waals surface area contributed by atoms with E-state index >= 15 is 0 Å². The van der Waals surface area contributed by atoms with Crippen LogP contribution in [0.3, 0.4) is 0 Å². The number of nitrogens with one attached hydrogen (secondary N) is 1. The van der Waals surface area contributed by atoms with Gasteiger partial charge in [0.1, 0.15) is 0 Å². The first kappa shape index (κ1) is 18.0. The van der Waals surface area contributed by atoms with Gasteiger partial charge in [0, 0.05) is 28.3 Å². The van der Waals surface area contributed by atoms with Gasteiger partial charge in [0.2, 0.25) is 0 Å². The minimum Gasteiger partial charge on any atom is -0.398 e. The molecule has 21 heavy (non-hydrogen) atoms. The lowest BCUT2D eigenvalue weighted by atomic mass is 10.0. The molecule has 4 nitrogen and oxygen atoms in total. The molecule has 0 saturated heterocycles. The van der Waals surface area contributed by atoms with Gasteiger partial charge in [0.05, 0.1) is 0 Å². The van der Waals surface area contributed by atoms with E-state index in [0.29, 0.717) is 17.2 Å².